The number of amides is 2. The van der Waals surface area contributed by atoms with Crippen LogP contribution in [0.2, 0.25) is 0 Å². The Morgan fingerprint density at radius 2 is 1.60 bits per heavy atom. The molecule has 0 aliphatic carbocycles. The fourth-order valence-electron chi connectivity index (χ4n) is 4.35. The van der Waals surface area contributed by atoms with Gasteiger partial charge in [-0.25, -0.2) is 4.79 Å². The number of rotatable bonds is 8. The summed E-state index contributed by atoms with van der Waals surface area (Å²) in [6.45, 7) is 12.5. The van der Waals surface area contributed by atoms with Gasteiger partial charge in [0.25, 0.3) is 0 Å². The largest absolute Gasteiger partial charge is 0.444 e. The van der Waals surface area contributed by atoms with Gasteiger partial charge in [0, 0.05) is 32.6 Å². The smallest absolute Gasteiger partial charge is 0.408 e. The van der Waals surface area contributed by atoms with Gasteiger partial charge in [-0.2, -0.15) is 0 Å². The molecule has 0 radical (unpaired) electrons. The maximum absolute atomic E-state index is 13.2. The van der Waals surface area contributed by atoms with Crippen molar-refractivity contribution in [3.63, 3.8) is 0 Å². The summed E-state index contributed by atoms with van der Waals surface area (Å²) < 4.78 is 11.3. The van der Waals surface area contributed by atoms with Gasteiger partial charge >= 0.3 is 6.09 Å². The Morgan fingerprint density at radius 3 is 2.23 bits per heavy atom. The van der Waals surface area contributed by atoms with Crippen molar-refractivity contribution in [3.05, 3.63) is 71.3 Å². The minimum absolute atomic E-state index is 0.197. The number of benzene rings is 2. The summed E-state index contributed by atoms with van der Waals surface area (Å²) in [7, 11) is 0. The molecule has 3 unspecified atom stereocenters. The molecule has 190 valence electrons. The lowest BCUT2D eigenvalue weighted by Crippen LogP contribution is -2.49. The molecule has 3 rings (SSSR count). The molecule has 1 heterocycles. The van der Waals surface area contributed by atoms with Gasteiger partial charge in [-0.3, -0.25) is 9.69 Å². The highest BCUT2D eigenvalue weighted by Crippen LogP contribution is 2.17. The highest BCUT2D eigenvalue weighted by molar-refractivity contribution is 5.86. The van der Waals surface area contributed by atoms with Crippen LogP contribution in [0, 0.1) is 0 Å². The van der Waals surface area contributed by atoms with Gasteiger partial charge in [-0.1, -0.05) is 54.6 Å². The predicted molar refractivity (Wildman–Crippen MR) is 137 cm³/mol. The van der Waals surface area contributed by atoms with Gasteiger partial charge in [0.05, 0.1) is 12.2 Å². The second-order valence-electron chi connectivity index (χ2n) is 10.3. The minimum atomic E-state index is -0.750. The average Bonchev–Trinajstić information content (AvgIpc) is 2.76. The molecule has 7 heteroatoms. The number of nitrogens with zero attached hydrogens (tertiary/aromatic N) is 1. The van der Waals surface area contributed by atoms with Crippen molar-refractivity contribution in [2.75, 3.05) is 13.1 Å². The topological polar surface area (TPSA) is 79.9 Å². The van der Waals surface area contributed by atoms with Crippen LogP contribution in [0.1, 0.15) is 51.3 Å². The lowest BCUT2D eigenvalue weighted by molar-refractivity contribution is -0.123. The molecular formula is C28H39N3O4. The van der Waals surface area contributed by atoms with Crippen LogP contribution in [-0.2, 0) is 33.8 Å². The van der Waals surface area contributed by atoms with E-state index >= 15 is 0 Å². The highest BCUT2D eigenvalue weighted by Gasteiger charge is 2.26. The van der Waals surface area contributed by atoms with E-state index in [1.807, 2.05) is 48.5 Å². The molecule has 1 fully saturated rings. The molecule has 2 aromatic carbocycles. The third-order valence-electron chi connectivity index (χ3n) is 5.75. The van der Waals surface area contributed by atoms with E-state index in [4.69, 9.17) is 9.47 Å². The first-order chi connectivity index (χ1) is 16.6. The number of hydrogen-bond acceptors (Lipinski definition) is 5. The van der Waals surface area contributed by atoms with E-state index in [9.17, 15) is 9.59 Å². The van der Waals surface area contributed by atoms with Gasteiger partial charge in [0.2, 0.25) is 5.91 Å². The summed E-state index contributed by atoms with van der Waals surface area (Å²) in [6, 6.07) is 17.0. The average molecular weight is 482 g/mol. The minimum Gasteiger partial charge on any atom is -0.444 e. The van der Waals surface area contributed by atoms with Gasteiger partial charge < -0.3 is 20.1 Å². The Labute approximate surface area is 209 Å². The van der Waals surface area contributed by atoms with E-state index in [-0.39, 0.29) is 18.1 Å². The van der Waals surface area contributed by atoms with Crippen LogP contribution in [0.25, 0.3) is 0 Å². The lowest BCUT2D eigenvalue weighted by Gasteiger charge is -2.35. The van der Waals surface area contributed by atoms with Crippen molar-refractivity contribution in [2.45, 2.75) is 78.0 Å². The number of hydrogen-bond donors (Lipinski definition) is 2. The van der Waals surface area contributed by atoms with Crippen molar-refractivity contribution in [2.24, 2.45) is 0 Å². The molecule has 1 saturated heterocycles. The zero-order valence-corrected chi connectivity index (χ0v) is 21.5. The Balaban J connectivity index is 1.66. The molecule has 0 bridgehead atoms. The van der Waals surface area contributed by atoms with Crippen molar-refractivity contribution in [1.29, 1.82) is 0 Å². The van der Waals surface area contributed by atoms with Crippen LogP contribution in [0.15, 0.2) is 54.6 Å². The Morgan fingerprint density at radius 1 is 1.00 bits per heavy atom. The van der Waals surface area contributed by atoms with E-state index in [1.54, 1.807) is 20.8 Å². The first-order valence-corrected chi connectivity index (χ1v) is 12.3. The van der Waals surface area contributed by atoms with Gasteiger partial charge in [0.15, 0.2) is 0 Å². The third-order valence-corrected chi connectivity index (χ3v) is 5.75. The van der Waals surface area contributed by atoms with Crippen LogP contribution < -0.4 is 10.6 Å². The number of ether oxygens (including phenoxy) is 2. The van der Waals surface area contributed by atoms with Gasteiger partial charge in [-0.05, 0) is 51.3 Å². The molecular weight excluding hydrogens is 442 g/mol. The standard InChI is InChI=1S/C28H39N3O4/c1-20-17-31(18-21(2)34-20)19-24-14-10-9-13-23(24)16-29-26(32)25(15-22-11-7-6-8-12-22)30-27(33)35-28(3,4)5/h6-14,20-21,25H,15-19H2,1-5H3,(H,29,32)(H,30,33). The molecule has 1 aliphatic rings. The number of carbonyl (C=O) groups is 2. The molecule has 2 amide bonds. The second-order valence-corrected chi connectivity index (χ2v) is 10.3. The Hall–Kier alpha value is -2.90. The van der Waals surface area contributed by atoms with E-state index in [0.29, 0.717) is 13.0 Å². The SMILES string of the molecule is CC1CN(Cc2ccccc2CNC(=O)C(Cc2ccccc2)NC(=O)OC(C)(C)C)CC(C)O1. The summed E-state index contributed by atoms with van der Waals surface area (Å²) in [5.41, 5.74) is 2.54. The maximum atomic E-state index is 13.2. The number of carbonyl (C=O) groups excluding carboxylic acids is 2. The molecule has 0 spiro atoms. The first-order valence-electron chi connectivity index (χ1n) is 12.3. The molecule has 35 heavy (non-hydrogen) atoms. The maximum Gasteiger partial charge on any atom is 0.408 e. The van der Waals surface area contributed by atoms with Gasteiger partial charge in [-0.15, -0.1) is 0 Å². The normalized spacial score (nSPS) is 19.6. The van der Waals surface area contributed by atoms with Crippen LogP contribution in [0.5, 0.6) is 0 Å². The number of alkyl carbamates (subject to hydrolysis) is 1. The van der Waals surface area contributed by atoms with Crippen LogP contribution in [0.3, 0.4) is 0 Å². The molecule has 0 saturated carbocycles. The third kappa shape index (κ3) is 9.00. The van der Waals surface area contributed by atoms with E-state index < -0.39 is 17.7 Å². The molecule has 1 aliphatic heterocycles. The fraction of sp³-hybridized carbons (Fsp3) is 0.500. The van der Waals surface area contributed by atoms with E-state index in [2.05, 4.69) is 35.4 Å². The van der Waals surface area contributed by atoms with Crippen LogP contribution >= 0.6 is 0 Å². The van der Waals surface area contributed by atoms with Crippen molar-refractivity contribution in [3.8, 4) is 0 Å². The van der Waals surface area contributed by atoms with E-state index in [0.717, 1.165) is 30.8 Å². The zero-order valence-electron chi connectivity index (χ0n) is 21.5. The summed E-state index contributed by atoms with van der Waals surface area (Å²) in [6.07, 6.45) is 0.160. The van der Waals surface area contributed by atoms with Crippen molar-refractivity contribution >= 4 is 12.0 Å². The number of nitrogens with one attached hydrogen (secondary N) is 2. The molecule has 0 aromatic heterocycles. The monoisotopic (exact) mass is 481 g/mol. The Kier molecular flexibility index (Phi) is 9.29. The number of morpholine rings is 1. The van der Waals surface area contributed by atoms with Crippen LogP contribution in [-0.4, -0.2) is 53.8 Å². The summed E-state index contributed by atoms with van der Waals surface area (Å²) in [4.78, 5) is 28.0. The Bertz CT molecular complexity index is 964. The molecule has 2 N–H and O–H groups in total. The van der Waals surface area contributed by atoms with E-state index in [1.165, 1.54) is 5.56 Å². The zero-order chi connectivity index (χ0) is 25.4. The van der Waals surface area contributed by atoms with Crippen molar-refractivity contribution in [1.82, 2.24) is 15.5 Å². The van der Waals surface area contributed by atoms with Crippen LogP contribution in [0.4, 0.5) is 4.79 Å². The highest BCUT2D eigenvalue weighted by atomic mass is 16.6. The molecule has 2 aromatic rings. The first kappa shape index (κ1) is 26.7. The predicted octanol–water partition coefficient (Wildman–Crippen LogP) is 4.05. The quantitative estimate of drug-likeness (QED) is 0.595. The summed E-state index contributed by atoms with van der Waals surface area (Å²) in [5, 5.41) is 5.78. The summed E-state index contributed by atoms with van der Waals surface area (Å²) in [5.74, 6) is -0.247. The second kappa shape index (κ2) is 12.2. The lowest BCUT2D eigenvalue weighted by atomic mass is 10.0. The molecule has 3 atom stereocenters. The fourth-order valence-corrected chi connectivity index (χ4v) is 4.35. The summed E-state index contributed by atoms with van der Waals surface area (Å²) >= 11 is 0. The van der Waals surface area contributed by atoms with Crippen molar-refractivity contribution < 1.29 is 19.1 Å². The van der Waals surface area contributed by atoms with Gasteiger partial charge in [0.1, 0.15) is 11.6 Å². The molecule has 7 nitrogen and oxygen atoms in total.